The van der Waals surface area contributed by atoms with Gasteiger partial charge in [0.05, 0.1) is 0 Å². The maximum absolute atomic E-state index is 12.2. The van der Waals surface area contributed by atoms with Crippen molar-refractivity contribution >= 4 is 31.8 Å². The van der Waals surface area contributed by atoms with Crippen molar-refractivity contribution in [2.45, 2.75) is 79.0 Å². The quantitative estimate of drug-likeness (QED) is 0.203. The molecule has 0 N–H and O–H groups in total. The summed E-state index contributed by atoms with van der Waals surface area (Å²) in [4.78, 5) is 1.60. The third kappa shape index (κ3) is 6.06. The minimum Gasteiger partial charge on any atom is -0.743 e. The third-order valence-electron chi connectivity index (χ3n) is 6.71. The van der Waals surface area contributed by atoms with Crippen LogP contribution in [0.1, 0.15) is 56.4 Å². The van der Waals surface area contributed by atoms with Gasteiger partial charge in [0.1, 0.15) is 11.5 Å². The Bertz CT molecular complexity index is 1220. The standard InChI is InChI=1S/C20H25S.C4HF9O3S/c1-2-6-16(7-3-1)17-8-9-19-15-20(11-10-18(19)14-17)21-12-4-5-13-21;5-1(6,3(9,10)11)2(7,8)4(12,13)17(14,15)16/h8-11,14-16H,1-7,12-13H2;(H,14,15,16)/q+1;/p-1. The summed E-state index contributed by atoms with van der Waals surface area (Å²) in [5.74, 6) is -11.2. The van der Waals surface area contributed by atoms with E-state index >= 15 is 0 Å². The van der Waals surface area contributed by atoms with Gasteiger partial charge in [-0.1, -0.05) is 37.5 Å². The molecule has 2 aromatic carbocycles. The van der Waals surface area contributed by atoms with E-state index < -0.39 is 33.4 Å². The maximum atomic E-state index is 12.2. The summed E-state index contributed by atoms with van der Waals surface area (Å²) >= 11 is 0. The number of alkyl halides is 9. The zero-order chi connectivity index (χ0) is 28.6. The summed E-state index contributed by atoms with van der Waals surface area (Å²) in [7, 11) is -6.87. The lowest BCUT2D eigenvalue weighted by molar-refractivity contribution is -0.382. The van der Waals surface area contributed by atoms with Crippen molar-refractivity contribution in [2.75, 3.05) is 11.5 Å². The van der Waals surface area contributed by atoms with Crippen molar-refractivity contribution < 1.29 is 52.5 Å². The van der Waals surface area contributed by atoms with Crippen LogP contribution in [-0.2, 0) is 21.0 Å². The fourth-order valence-corrected chi connectivity index (χ4v) is 7.30. The molecule has 0 atom stereocenters. The molecule has 2 fully saturated rings. The van der Waals surface area contributed by atoms with Crippen LogP contribution in [-0.4, -0.2) is 47.8 Å². The van der Waals surface area contributed by atoms with Crippen LogP contribution >= 0.6 is 0 Å². The van der Waals surface area contributed by atoms with Gasteiger partial charge in [0.25, 0.3) is 0 Å². The summed E-state index contributed by atoms with van der Waals surface area (Å²) in [5.41, 5.74) is 1.58. The van der Waals surface area contributed by atoms with Gasteiger partial charge in [-0.25, -0.2) is 8.42 Å². The van der Waals surface area contributed by atoms with Crippen molar-refractivity contribution in [3.05, 3.63) is 42.0 Å². The normalized spacial score (nSPS) is 18.9. The van der Waals surface area contributed by atoms with Crippen molar-refractivity contribution in [3.63, 3.8) is 0 Å². The molecule has 38 heavy (non-hydrogen) atoms. The van der Waals surface area contributed by atoms with Gasteiger partial charge in [-0.15, -0.1) is 0 Å². The molecular formula is C24H25F9O3S2. The second-order valence-corrected chi connectivity index (χ2v) is 13.0. The molecule has 0 radical (unpaired) electrons. The van der Waals surface area contributed by atoms with Crippen molar-refractivity contribution in [1.29, 1.82) is 0 Å². The predicted octanol–water partition coefficient (Wildman–Crippen LogP) is 7.62. The van der Waals surface area contributed by atoms with E-state index in [0.29, 0.717) is 10.9 Å². The van der Waals surface area contributed by atoms with Gasteiger partial charge in [0.2, 0.25) is 0 Å². The Hall–Kier alpha value is -1.67. The van der Waals surface area contributed by atoms with E-state index in [-0.39, 0.29) is 0 Å². The van der Waals surface area contributed by atoms with E-state index in [1.54, 1.807) is 10.5 Å². The van der Waals surface area contributed by atoms with E-state index in [2.05, 4.69) is 36.4 Å². The molecule has 1 aliphatic carbocycles. The summed E-state index contributed by atoms with van der Waals surface area (Å²) in [6, 6.07) is 14.5. The van der Waals surface area contributed by atoms with Crippen LogP contribution in [0.3, 0.4) is 0 Å². The largest absolute Gasteiger partial charge is 0.743 e. The van der Waals surface area contributed by atoms with E-state index in [0.717, 1.165) is 5.92 Å². The van der Waals surface area contributed by atoms with Crippen molar-refractivity contribution in [2.24, 2.45) is 0 Å². The molecule has 14 heteroatoms. The topological polar surface area (TPSA) is 57.2 Å². The summed E-state index contributed by atoms with van der Waals surface area (Å²) in [5, 5.41) is -4.21. The highest BCUT2D eigenvalue weighted by Gasteiger charge is 2.83. The molecule has 0 aromatic heterocycles. The molecule has 0 bridgehead atoms. The lowest BCUT2D eigenvalue weighted by atomic mass is 9.83. The Labute approximate surface area is 216 Å². The highest BCUT2D eigenvalue weighted by molar-refractivity contribution is 7.97. The smallest absolute Gasteiger partial charge is 0.460 e. The third-order valence-corrected chi connectivity index (χ3v) is 10.1. The van der Waals surface area contributed by atoms with Crippen molar-refractivity contribution in [1.82, 2.24) is 0 Å². The van der Waals surface area contributed by atoms with Gasteiger partial charge in [0.15, 0.2) is 15.0 Å². The molecule has 1 heterocycles. The van der Waals surface area contributed by atoms with Gasteiger partial charge < -0.3 is 4.55 Å². The van der Waals surface area contributed by atoms with Crippen LogP contribution in [0.25, 0.3) is 10.8 Å². The lowest BCUT2D eigenvalue weighted by Crippen LogP contribution is -2.63. The molecule has 0 spiro atoms. The molecule has 0 amide bonds. The number of rotatable bonds is 5. The van der Waals surface area contributed by atoms with Gasteiger partial charge >= 0.3 is 23.3 Å². The summed E-state index contributed by atoms with van der Waals surface area (Å²) in [6.07, 6.45) is 2.78. The average Bonchev–Trinajstić information content (AvgIpc) is 3.38. The van der Waals surface area contributed by atoms with Gasteiger partial charge in [-0.05, 0) is 60.1 Å². The first-order valence-electron chi connectivity index (χ1n) is 11.8. The van der Waals surface area contributed by atoms with Gasteiger partial charge in [0, 0.05) is 17.0 Å². The fraction of sp³-hybridized carbons (Fsp3) is 0.583. The molecule has 2 aromatic rings. The Balaban J connectivity index is 0.000000217. The molecule has 4 rings (SSSR count). The Morgan fingerprint density at radius 2 is 1.24 bits per heavy atom. The van der Waals surface area contributed by atoms with Crippen molar-refractivity contribution in [3.8, 4) is 0 Å². The zero-order valence-electron chi connectivity index (χ0n) is 19.8. The Kier molecular flexibility index (Phi) is 8.99. The molecular weight excluding hydrogens is 571 g/mol. The van der Waals surface area contributed by atoms with Crippen LogP contribution in [0.15, 0.2) is 41.3 Å². The van der Waals surface area contributed by atoms with E-state index in [4.69, 9.17) is 0 Å². The van der Waals surface area contributed by atoms with Crippen LogP contribution in [0.5, 0.6) is 0 Å². The van der Waals surface area contributed by atoms with Crippen LogP contribution in [0.4, 0.5) is 39.5 Å². The second kappa shape index (κ2) is 11.1. The van der Waals surface area contributed by atoms with Gasteiger partial charge in [-0.2, -0.15) is 39.5 Å². The average molecular weight is 597 g/mol. The predicted molar refractivity (Wildman–Crippen MR) is 125 cm³/mol. The molecule has 1 saturated heterocycles. The SMILES string of the molecule is O=S(=O)([O-])C(F)(F)C(F)(F)C(F)(F)C(F)(F)F.c1cc2cc([S+]3CCCC3)ccc2cc1C1CCCCC1. The molecule has 214 valence electrons. The van der Waals surface area contributed by atoms with Crippen LogP contribution in [0, 0.1) is 0 Å². The van der Waals surface area contributed by atoms with E-state index in [1.807, 2.05) is 0 Å². The zero-order valence-corrected chi connectivity index (χ0v) is 21.5. The number of fused-ring (bicyclic) bond motifs is 1. The molecule has 1 aliphatic heterocycles. The second-order valence-electron chi connectivity index (χ2n) is 9.33. The molecule has 0 unspecified atom stereocenters. The first kappa shape index (κ1) is 30.9. The number of benzene rings is 2. The highest BCUT2D eigenvalue weighted by Crippen LogP contribution is 2.54. The number of hydrogen-bond acceptors (Lipinski definition) is 3. The summed E-state index contributed by atoms with van der Waals surface area (Å²) < 4.78 is 135. The minimum absolute atomic E-state index is 0.544. The molecule has 3 nitrogen and oxygen atoms in total. The lowest BCUT2D eigenvalue weighted by Gasteiger charge is -2.34. The Morgan fingerprint density at radius 1 is 0.711 bits per heavy atom. The first-order valence-corrected chi connectivity index (χ1v) is 14.7. The van der Waals surface area contributed by atoms with Crippen LogP contribution in [0.2, 0.25) is 0 Å². The molecule has 1 saturated carbocycles. The highest BCUT2D eigenvalue weighted by atomic mass is 32.2. The maximum Gasteiger partial charge on any atom is 0.460 e. The number of hydrogen-bond donors (Lipinski definition) is 0. The van der Waals surface area contributed by atoms with Gasteiger partial charge in [-0.3, -0.25) is 0 Å². The first-order chi connectivity index (χ1) is 17.4. The van der Waals surface area contributed by atoms with E-state index in [1.165, 1.54) is 67.2 Å². The number of halogens is 9. The fourth-order valence-electron chi connectivity index (χ4n) is 4.52. The Morgan fingerprint density at radius 3 is 1.76 bits per heavy atom. The summed E-state index contributed by atoms with van der Waals surface area (Å²) in [6.45, 7) is 0. The van der Waals surface area contributed by atoms with E-state index in [9.17, 15) is 52.5 Å². The minimum atomic E-state index is -7.43. The van der Waals surface area contributed by atoms with Crippen LogP contribution < -0.4 is 0 Å². The monoisotopic (exact) mass is 596 g/mol. The molecule has 2 aliphatic rings.